The molecule has 4 nitrogen and oxygen atoms in total. The first-order valence-electron chi connectivity index (χ1n) is 5.76. The van der Waals surface area contributed by atoms with Crippen LogP contribution in [0.4, 0.5) is 0 Å². The summed E-state index contributed by atoms with van der Waals surface area (Å²) in [5.74, 6) is 0. The summed E-state index contributed by atoms with van der Waals surface area (Å²) in [7, 11) is 0. The molecule has 3 N–H and O–H groups in total. The molecule has 0 aromatic carbocycles. The van der Waals surface area contributed by atoms with Gasteiger partial charge in [0.25, 0.3) is 0 Å². The van der Waals surface area contributed by atoms with Gasteiger partial charge in [-0.3, -0.25) is 9.88 Å². The van der Waals surface area contributed by atoms with E-state index in [4.69, 9.17) is 5.73 Å². The monoisotopic (exact) mass is 221 g/mol. The molecule has 0 radical (unpaired) electrons. The van der Waals surface area contributed by atoms with Crippen LogP contribution in [0.5, 0.6) is 0 Å². The zero-order valence-electron chi connectivity index (χ0n) is 9.58. The SMILES string of the molecule is CC(N)C(c1cccnc1)N1CCC(O)C1. The quantitative estimate of drug-likeness (QED) is 0.782. The molecule has 88 valence electrons. The number of pyridine rings is 1. The molecule has 0 saturated carbocycles. The first kappa shape index (κ1) is 11.5. The molecule has 2 heterocycles. The van der Waals surface area contributed by atoms with Crippen molar-refractivity contribution in [2.75, 3.05) is 13.1 Å². The second kappa shape index (κ2) is 4.91. The number of rotatable bonds is 3. The molecular formula is C12H19N3O. The number of hydrogen-bond donors (Lipinski definition) is 2. The van der Waals surface area contributed by atoms with Gasteiger partial charge in [-0.05, 0) is 25.0 Å². The van der Waals surface area contributed by atoms with E-state index < -0.39 is 0 Å². The molecule has 0 aliphatic carbocycles. The van der Waals surface area contributed by atoms with Crippen LogP contribution in [0.1, 0.15) is 24.9 Å². The highest BCUT2D eigenvalue weighted by Crippen LogP contribution is 2.26. The Bertz CT molecular complexity index is 328. The van der Waals surface area contributed by atoms with Gasteiger partial charge in [-0.2, -0.15) is 0 Å². The standard InChI is InChI=1S/C12H19N3O/c1-9(13)12(10-3-2-5-14-7-10)15-6-4-11(16)8-15/h2-3,5,7,9,11-12,16H,4,6,8,13H2,1H3. The van der Waals surface area contributed by atoms with Crippen LogP contribution in [0.2, 0.25) is 0 Å². The molecule has 4 heteroatoms. The third-order valence-corrected chi connectivity index (χ3v) is 3.11. The van der Waals surface area contributed by atoms with Crippen molar-refractivity contribution < 1.29 is 5.11 Å². The van der Waals surface area contributed by atoms with Crippen LogP contribution in [0.15, 0.2) is 24.5 Å². The molecule has 1 fully saturated rings. The summed E-state index contributed by atoms with van der Waals surface area (Å²) in [5.41, 5.74) is 7.17. The number of hydrogen-bond acceptors (Lipinski definition) is 4. The van der Waals surface area contributed by atoms with Crippen molar-refractivity contribution in [3.63, 3.8) is 0 Å². The van der Waals surface area contributed by atoms with E-state index in [1.807, 2.05) is 25.3 Å². The van der Waals surface area contributed by atoms with Crippen LogP contribution in [0.3, 0.4) is 0 Å². The Morgan fingerprint density at radius 1 is 1.62 bits per heavy atom. The minimum absolute atomic E-state index is 0.0366. The second-order valence-corrected chi connectivity index (χ2v) is 4.53. The van der Waals surface area contributed by atoms with Crippen molar-refractivity contribution in [2.24, 2.45) is 5.73 Å². The van der Waals surface area contributed by atoms with Gasteiger partial charge in [-0.1, -0.05) is 6.07 Å². The zero-order valence-corrected chi connectivity index (χ0v) is 9.58. The molecular weight excluding hydrogens is 202 g/mol. The number of aliphatic hydroxyl groups is 1. The molecule has 1 aliphatic heterocycles. The van der Waals surface area contributed by atoms with Crippen molar-refractivity contribution in [3.05, 3.63) is 30.1 Å². The molecule has 1 saturated heterocycles. The number of likely N-dealkylation sites (tertiary alicyclic amines) is 1. The van der Waals surface area contributed by atoms with Crippen molar-refractivity contribution in [1.82, 2.24) is 9.88 Å². The summed E-state index contributed by atoms with van der Waals surface area (Å²) in [5, 5.41) is 9.58. The van der Waals surface area contributed by atoms with Crippen LogP contribution >= 0.6 is 0 Å². The fourth-order valence-electron chi connectivity index (χ4n) is 2.42. The Kier molecular flexibility index (Phi) is 3.53. The van der Waals surface area contributed by atoms with Gasteiger partial charge < -0.3 is 10.8 Å². The molecule has 3 atom stereocenters. The molecule has 2 rings (SSSR count). The molecule has 0 spiro atoms. The van der Waals surface area contributed by atoms with Crippen LogP contribution in [0, 0.1) is 0 Å². The lowest BCUT2D eigenvalue weighted by Crippen LogP contribution is -2.38. The van der Waals surface area contributed by atoms with Gasteiger partial charge in [0, 0.05) is 31.5 Å². The largest absolute Gasteiger partial charge is 0.392 e. The van der Waals surface area contributed by atoms with Gasteiger partial charge in [-0.15, -0.1) is 0 Å². The third kappa shape index (κ3) is 2.40. The summed E-state index contributed by atoms with van der Waals surface area (Å²) >= 11 is 0. The minimum atomic E-state index is -0.210. The summed E-state index contributed by atoms with van der Waals surface area (Å²) < 4.78 is 0. The van der Waals surface area contributed by atoms with Crippen LogP contribution in [-0.2, 0) is 0 Å². The molecule has 0 bridgehead atoms. The maximum Gasteiger partial charge on any atom is 0.0679 e. The summed E-state index contributed by atoms with van der Waals surface area (Å²) in [6, 6.07) is 4.17. The summed E-state index contributed by atoms with van der Waals surface area (Å²) in [4.78, 5) is 6.38. The zero-order chi connectivity index (χ0) is 11.5. The smallest absolute Gasteiger partial charge is 0.0679 e. The lowest BCUT2D eigenvalue weighted by molar-refractivity contribution is 0.151. The van der Waals surface area contributed by atoms with Gasteiger partial charge in [0.15, 0.2) is 0 Å². The highest BCUT2D eigenvalue weighted by atomic mass is 16.3. The van der Waals surface area contributed by atoms with E-state index in [2.05, 4.69) is 9.88 Å². The molecule has 1 aliphatic rings. The van der Waals surface area contributed by atoms with Crippen LogP contribution in [0.25, 0.3) is 0 Å². The molecule has 1 aromatic heterocycles. The number of aromatic nitrogens is 1. The van der Waals surface area contributed by atoms with Crippen LogP contribution < -0.4 is 5.73 Å². The van der Waals surface area contributed by atoms with Crippen molar-refractivity contribution in [2.45, 2.75) is 31.5 Å². The van der Waals surface area contributed by atoms with Crippen LogP contribution in [-0.4, -0.2) is 40.2 Å². The van der Waals surface area contributed by atoms with Gasteiger partial charge >= 0.3 is 0 Å². The van der Waals surface area contributed by atoms with Crippen molar-refractivity contribution in [3.8, 4) is 0 Å². The first-order valence-corrected chi connectivity index (χ1v) is 5.76. The third-order valence-electron chi connectivity index (χ3n) is 3.11. The van der Waals surface area contributed by atoms with Gasteiger partial charge in [0.05, 0.1) is 12.1 Å². The van der Waals surface area contributed by atoms with Gasteiger partial charge in [-0.25, -0.2) is 0 Å². The Hall–Kier alpha value is -0.970. The molecule has 3 unspecified atom stereocenters. The highest BCUT2D eigenvalue weighted by molar-refractivity contribution is 5.16. The van der Waals surface area contributed by atoms with E-state index in [9.17, 15) is 5.11 Å². The maximum absolute atomic E-state index is 9.58. The topological polar surface area (TPSA) is 62.4 Å². The normalized spacial score (nSPS) is 25.6. The summed E-state index contributed by atoms with van der Waals surface area (Å²) in [6.45, 7) is 3.62. The van der Waals surface area contributed by atoms with Crippen molar-refractivity contribution >= 4 is 0 Å². The molecule has 16 heavy (non-hydrogen) atoms. The summed E-state index contributed by atoms with van der Waals surface area (Å²) in [6.07, 6.45) is 4.25. The number of β-amino-alcohol motifs (C(OH)–C–C–N with tert-alkyl or cyclic N) is 1. The average molecular weight is 221 g/mol. The van der Waals surface area contributed by atoms with E-state index in [1.165, 1.54) is 0 Å². The van der Waals surface area contributed by atoms with Crippen molar-refractivity contribution in [1.29, 1.82) is 0 Å². The molecule has 1 aromatic rings. The van der Waals surface area contributed by atoms with Gasteiger partial charge in [0.2, 0.25) is 0 Å². The predicted molar refractivity (Wildman–Crippen MR) is 62.8 cm³/mol. The number of nitrogens with two attached hydrogens (primary N) is 1. The predicted octanol–water partition coefficient (Wildman–Crippen LogP) is 0.537. The van der Waals surface area contributed by atoms with Gasteiger partial charge in [0.1, 0.15) is 0 Å². The van der Waals surface area contributed by atoms with E-state index >= 15 is 0 Å². The second-order valence-electron chi connectivity index (χ2n) is 4.53. The highest BCUT2D eigenvalue weighted by Gasteiger charge is 2.30. The van der Waals surface area contributed by atoms with E-state index in [-0.39, 0.29) is 18.2 Å². The fraction of sp³-hybridized carbons (Fsp3) is 0.583. The molecule has 0 amide bonds. The Morgan fingerprint density at radius 3 is 2.94 bits per heavy atom. The lowest BCUT2D eigenvalue weighted by atomic mass is 10.0. The number of nitrogens with zero attached hydrogens (tertiary/aromatic N) is 2. The lowest BCUT2D eigenvalue weighted by Gasteiger charge is -2.30. The maximum atomic E-state index is 9.58. The average Bonchev–Trinajstić information content (AvgIpc) is 2.66. The Balaban J connectivity index is 2.18. The van der Waals surface area contributed by atoms with E-state index in [0.29, 0.717) is 6.54 Å². The fourth-order valence-corrected chi connectivity index (χ4v) is 2.42. The van der Waals surface area contributed by atoms with E-state index in [1.54, 1.807) is 6.20 Å². The Morgan fingerprint density at radius 2 is 2.44 bits per heavy atom. The first-order chi connectivity index (χ1) is 7.68. The minimum Gasteiger partial charge on any atom is -0.392 e. The Labute approximate surface area is 96.1 Å². The number of aliphatic hydroxyl groups excluding tert-OH is 1. The van der Waals surface area contributed by atoms with E-state index in [0.717, 1.165) is 18.5 Å².